The lowest BCUT2D eigenvalue weighted by molar-refractivity contribution is 0.189. The average molecular weight is 233 g/mol. The average Bonchev–Trinajstić information content (AvgIpc) is 2.13. The smallest absolute Gasteiger partial charge is 0.0462 e. The van der Waals surface area contributed by atoms with Crippen molar-refractivity contribution < 1.29 is 4.74 Å². The SMILES string of the molecule is CCNC(CCCOC)CSC(C)(C)C. The van der Waals surface area contributed by atoms with Crippen LogP contribution in [0.4, 0.5) is 0 Å². The van der Waals surface area contributed by atoms with Gasteiger partial charge in [0, 0.05) is 30.3 Å². The summed E-state index contributed by atoms with van der Waals surface area (Å²) in [6.07, 6.45) is 2.36. The molecule has 92 valence electrons. The first-order valence-electron chi connectivity index (χ1n) is 5.86. The van der Waals surface area contributed by atoms with Gasteiger partial charge in [-0.2, -0.15) is 11.8 Å². The van der Waals surface area contributed by atoms with Crippen molar-refractivity contribution >= 4 is 11.8 Å². The summed E-state index contributed by atoms with van der Waals surface area (Å²) < 4.78 is 5.45. The Morgan fingerprint density at radius 3 is 2.47 bits per heavy atom. The van der Waals surface area contributed by atoms with Gasteiger partial charge in [-0.05, 0) is 19.4 Å². The van der Waals surface area contributed by atoms with Crippen molar-refractivity contribution in [2.75, 3.05) is 26.0 Å². The Balaban J connectivity index is 3.72. The summed E-state index contributed by atoms with van der Waals surface area (Å²) in [6.45, 7) is 10.9. The van der Waals surface area contributed by atoms with Gasteiger partial charge in [-0.15, -0.1) is 0 Å². The zero-order chi connectivity index (χ0) is 11.7. The standard InChI is InChI=1S/C12H27NOS/c1-6-13-11(8-7-9-14-5)10-15-12(2,3)4/h11,13H,6-10H2,1-5H3. The highest BCUT2D eigenvalue weighted by Crippen LogP contribution is 2.24. The second kappa shape index (κ2) is 8.43. The molecule has 0 aromatic heterocycles. The molecule has 0 aliphatic rings. The Hall–Kier alpha value is 0.270. The molecule has 0 radical (unpaired) electrons. The molecule has 1 N–H and O–H groups in total. The number of hydrogen-bond donors (Lipinski definition) is 1. The monoisotopic (exact) mass is 233 g/mol. The lowest BCUT2D eigenvalue weighted by Crippen LogP contribution is -2.32. The molecule has 3 heteroatoms. The number of ether oxygens (including phenoxy) is 1. The van der Waals surface area contributed by atoms with Crippen molar-refractivity contribution in [1.29, 1.82) is 0 Å². The maximum absolute atomic E-state index is 5.08. The first-order valence-corrected chi connectivity index (χ1v) is 6.84. The number of thioether (sulfide) groups is 1. The molecule has 0 fully saturated rings. The van der Waals surface area contributed by atoms with Gasteiger partial charge in [0.25, 0.3) is 0 Å². The molecule has 1 atom stereocenters. The van der Waals surface area contributed by atoms with E-state index in [1.165, 1.54) is 12.2 Å². The molecule has 15 heavy (non-hydrogen) atoms. The van der Waals surface area contributed by atoms with Gasteiger partial charge in [0.15, 0.2) is 0 Å². The van der Waals surface area contributed by atoms with Gasteiger partial charge < -0.3 is 10.1 Å². The first kappa shape index (κ1) is 15.3. The Morgan fingerprint density at radius 2 is 2.00 bits per heavy atom. The van der Waals surface area contributed by atoms with Crippen LogP contribution in [0, 0.1) is 0 Å². The summed E-state index contributed by atoms with van der Waals surface area (Å²) >= 11 is 2.04. The number of rotatable bonds is 8. The molecule has 0 aliphatic heterocycles. The van der Waals surface area contributed by atoms with E-state index in [-0.39, 0.29) is 0 Å². The van der Waals surface area contributed by atoms with Crippen molar-refractivity contribution in [1.82, 2.24) is 5.32 Å². The van der Waals surface area contributed by atoms with Crippen LogP contribution in [0.1, 0.15) is 40.5 Å². The van der Waals surface area contributed by atoms with Crippen molar-refractivity contribution in [2.24, 2.45) is 0 Å². The predicted molar refractivity (Wildman–Crippen MR) is 70.8 cm³/mol. The van der Waals surface area contributed by atoms with Crippen LogP contribution in [0.15, 0.2) is 0 Å². The molecular weight excluding hydrogens is 206 g/mol. The molecule has 0 aromatic rings. The fourth-order valence-corrected chi connectivity index (χ4v) is 2.34. The van der Waals surface area contributed by atoms with Crippen LogP contribution in [0.25, 0.3) is 0 Å². The molecule has 0 aromatic carbocycles. The van der Waals surface area contributed by atoms with Gasteiger partial charge >= 0.3 is 0 Å². The van der Waals surface area contributed by atoms with Gasteiger partial charge in [0.2, 0.25) is 0 Å². The summed E-state index contributed by atoms with van der Waals surface area (Å²) in [5.41, 5.74) is 0. The number of hydrogen-bond acceptors (Lipinski definition) is 3. The maximum atomic E-state index is 5.08. The van der Waals surface area contributed by atoms with Crippen molar-refractivity contribution in [3.8, 4) is 0 Å². The van der Waals surface area contributed by atoms with Crippen molar-refractivity contribution in [3.05, 3.63) is 0 Å². The van der Waals surface area contributed by atoms with E-state index in [0.29, 0.717) is 10.8 Å². The number of nitrogens with one attached hydrogen (secondary N) is 1. The fraction of sp³-hybridized carbons (Fsp3) is 1.00. The van der Waals surface area contributed by atoms with Gasteiger partial charge in [-0.25, -0.2) is 0 Å². The van der Waals surface area contributed by atoms with E-state index in [2.05, 4.69) is 33.0 Å². The van der Waals surface area contributed by atoms with Gasteiger partial charge in [-0.1, -0.05) is 27.7 Å². The Labute approximate surface area is 99.5 Å². The van der Waals surface area contributed by atoms with Crippen LogP contribution in [0.3, 0.4) is 0 Å². The molecule has 0 saturated heterocycles. The summed E-state index contributed by atoms with van der Waals surface area (Å²) in [7, 11) is 1.77. The van der Waals surface area contributed by atoms with Crippen LogP contribution in [0.5, 0.6) is 0 Å². The summed E-state index contributed by atoms with van der Waals surface area (Å²) in [4.78, 5) is 0. The van der Waals surface area contributed by atoms with Crippen LogP contribution in [-0.4, -0.2) is 36.8 Å². The molecule has 0 heterocycles. The van der Waals surface area contributed by atoms with Gasteiger partial charge in [-0.3, -0.25) is 0 Å². The minimum atomic E-state index is 0.370. The molecule has 1 unspecified atom stereocenters. The fourth-order valence-electron chi connectivity index (χ4n) is 1.36. The van der Waals surface area contributed by atoms with Gasteiger partial charge in [0.05, 0.1) is 0 Å². The lowest BCUT2D eigenvalue weighted by Gasteiger charge is -2.23. The molecule has 0 amide bonds. The van der Waals surface area contributed by atoms with Crippen molar-refractivity contribution in [3.63, 3.8) is 0 Å². The predicted octanol–water partition coefficient (Wildman–Crippen LogP) is 2.92. The molecule has 0 rings (SSSR count). The minimum Gasteiger partial charge on any atom is -0.385 e. The maximum Gasteiger partial charge on any atom is 0.0462 e. The largest absolute Gasteiger partial charge is 0.385 e. The van der Waals surface area contributed by atoms with Crippen LogP contribution >= 0.6 is 11.8 Å². The quantitative estimate of drug-likeness (QED) is 0.651. The highest BCUT2D eigenvalue weighted by atomic mass is 32.2. The Bertz CT molecular complexity index is 145. The zero-order valence-electron chi connectivity index (χ0n) is 10.9. The zero-order valence-corrected chi connectivity index (χ0v) is 11.7. The van der Waals surface area contributed by atoms with Crippen LogP contribution < -0.4 is 5.32 Å². The summed E-state index contributed by atoms with van der Waals surface area (Å²) in [6, 6.07) is 0.634. The summed E-state index contributed by atoms with van der Waals surface area (Å²) in [5, 5.41) is 3.54. The highest BCUT2D eigenvalue weighted by Gasteiger charge is 2.14. The first-order chi connectivity index (χ1) is 6.99. The summed E-state index contributed by atoms with van der Waals surface area (Å²) in [5.74, 6) is 1.20. The van der Waals surface area contributed by atoms with E-state index in [4.69, 9.17) is 4.74 Å². The van der Waals surface area contributed by atoms with E-state index in [1.807, 2.05) is 11.8 Å². The van der Waals surface area contributed by atoms with E-state index in [9.17, 15) is 0 Å². The second-order valence-electron chi connectivity index (χ2n) is 4.81. The van der Waals surface area contributed by atoms with E-state index in [0.717, 1.165) is 19.6 Å². The Kier molecular flexibility index (Phi) is 8.58. The second-order valence-corrected chi connectivity index (χ2v) is 6.66. The number of methoxy groups -OCH3 is 1. The lowest BCUT2D eigenvalue weighted by atomic mass is 10.2. The van der Waals surface area contributed by atoms with Gasteiger partial charge in [0.1, 0.15) is 0 Å². The van der Waals surface area contributed by atoms with E-state index in [1.54, 1.807) is 7.11 Å². The topological polar surface area (TPSA) is 21.3 Å². The molecule has 0 aliphatic carbocycles. The highest BCUT2D eigenvalue weighted by molar-refractivity contribution is 8.00. The van der Waals surface area contributed by atoms with Crippen LogP contribution in [-0.2, 0) is 4.74 Å². The third-order valence-corrected chi connectivity index (χ3v) is 3.55. The normalized spacial score (nSPS) is 14.2. The van der Waals surface area contributed by atoms with Crippen molar-refractivity contribution in [2.45, 2.75) is 51.3 Å². The molecule has 0 saturated carbocycles. The third-order valence-electron chi connectivity index (χ3n) is 2.11. The minimum absolute atomic E-state index is 0.370. The molecule has 0 bridgehead atoms. The van der Waals surface area contributed by atoms with Crippen LogP contribution in [0.2, 0.25) is 0 Å². The molecule has 2 nitrogen and oxygen atoms in total. The molecule has 0 spiro atoms. The Morgan fingerprint density at radius 1 is 1.33 bits per heavy atom. The van der Waals surface area contributed by atoms with E-state index >= 15 is 0 Å². The van der Waals surface area contributed by atoms with E-state index < -0.39 is 0 Å². The molecular formula is C12H27NOS. The third kappa shape index (κ3) is 10.6.